The third-order valence-electron chi connectivity index (χ3n) is 4.45. The predicted molar refractivity (Wildman–Crippen MR) is 99.4 cm³/mol. The number of urea groups is 1. The van der Waals surface area contributed by atoms with Crippen molar-refractivity contribution in [1.29, 1.82) is 0 Å². The zero-order valence-electron chi connectivity index (χ0n) is 14.0. The van der Waals surface area contributed by atoms with Crippen LogP contribution in [0.25, 0.3) is 20.8 Å². The fourth-order valence-corrected chi connectivity index (χ4v) is 4.00. The lowest BCUT2D eigenvalue weighted by Crippen LogP contribution is -2.38. The van der Waals surface area contributed by atoms with Crippen molar-refractivity contribution in [1.82, 2.24) is 9.88 Å². The van der Waals surface area contributed by atoms with Crippen molar-refractivity contribution in [2.24, 2.45) is 0 Å². The van der Waals surface area contributed by atoms with Crippen LogP contribution in [-0.2, 0) is 0 Å². The summed E-state index contributed by atoms with van der Waals surface area (Å²) in [6.45, 7) is 1.57. The number of carbonyl (C=O) groups excluding carboxylic acids is 1. The molecule has 4 nitrogen and oxygen atoms in total. The Morgan fingerprint density at radius 2 is 1.85 bits per heavy atom. The lowest BCUT2D eigenvalue weighted by atomic mass is 10.1. The molecule has 1 aliphatic heterocycles. The van der Waals surface area contributed by atoms with Gasteiger partial charge in [-0.3, -0.25) is 0 Å². The minimum Gasteiger partial charge on any atom is -0.325 e. The molecule has 1 N–H and O–H groups in total. The normalized spacial score (nSPS) is 14.6. The molecule has 0 atom stereocenters. The molecule has 0 radical (unpaired) electrons. The van der Waals surface area contributed by atoms with E-state index in [1.807, 2.05) is 17.0 Å². The number of anilines is 1. The van der Waals surface area contributed by atoms with Crippen molar-refractivity contribution < 1.29 is 13.6 Å². The van der Waals surface area contributed by atoms with E-state index in [0.29, 0.717) is 21.8 Å². The summed E-state index contributed by atoms with van der Waals surface area (Å²) in [4.78, 5) is 18.6. The monoisotopic (exact) mass is 373 g/mol. The second-order valence-corrected chi connectivity index (χ2v) is 7.34. The first kappa shape index (κ1) is 16.9. The van der Waals surface area contributed by atoms with Crippen LogP contribution in [0.4, 0.5) is 19.3 Å². The van der Waals surface area contributed by atoms with Crippen LogP contribution < -0.4 is 5.32 Å². The topological polar surface area (TPSA) is 45.2 Å². The predicted octanol–water partition coefficient (Wildman–Crippen LogP) is 5.26. The SMILES string of the molecule is O=C(Nc1ccc2sc(-c3ccc(F)c(F)c3)nc2c1)N1CCCCC1. The molecule has 0 aliphatic carbocycles. The first-order valence-electron chi connectivity index (χ1n) is 8.52. The average Bonchev–Trinajstić information content (AvgIpc) is 3.08. The minimum absolute atomic E-state index is 0.0971. The van der Waals surface area contributed by atoms with Gasteiger partial charge in [0.15, 0.2) is 11.6 Å². The highest BCUT2D eigenvalue weighted by molar-refractivity contribution is 7.21. The molecule has 1 aliphatic rings. The Labute approximate surface area is 153 Å². The molecule has 2 aromatic carbocycles. The second-order valence-electron chi connectivity index (χ2n) is 6.31. The molecule has 1 fully saturated rings. The van der Waals surface area contributed by atoms with E-state index in [2.05, 4.69) is 10.3 Å². The van der Waals surface area contributed by atoms with E-state index < -0.39 is 11.6 Å². The third kappa shape index (κ3) is 3.39. The van der Waals surface area contributed by atoms with Crippen LogP contribution in [0.15, 0.2) is 36.4 Å². The highest BCUT2D eigenvalue weighted by atomic mass is 32.1. The van der Waals surface area contributed by atoms with E-state index in [9.17, 15) is 13.6 Å². The number of likely N-dealkylation sites (tertiary alicyclic amines) is 1. The quantitative estimate of drug-likeness (QED) is 0.666. The van der Waals surface area contributed by atoms with E-state index in [0.717, 1.165) is 42.8 Å². The number of carbonyl (C=O) groups is 1. The average molecular weight is 373 g/mol. The van der Waals surface area contributed by atoms with Gasteiger partial charge in [-0.25, -0.2) is 18.6 Å². The van der Waals surface area contributed by atoms with Gasteiger partial charge in [0.25, 0.3) is 0 Å². The Balaban J connectivity index is 1.57. The molecule has 0 unspecified atom stereocenters. The number of hydrogen-bond acceptors (Lipinski definition) is 3. The molecular formula is C19H17F2N3OS. The Kier molecular flexibility index (Phi) is 4.55. The van der Waals surface area contributed by atoms with Crippen LogP contribution in [0.2, 0.25) is 0 Å². The molecule has 1 saturated heterocycles. The number of piperidine rings is 1. The van der Waals surface area contributed by atoms with E-state index in [1.165, 1.54) is 23.8 Å². The first-order chi connectivity index (χ1) is 12.6. The molecule has 7 heteroatoms. The van der Waals surface area contributed by atoms with Gasteiger partial charge < -0.3 is 10.2 Å². The van der Waals surface area contributed by atoms with Gasteiger partial charge in [0.2, 0.25) is 0 Å². The second kappa shape index (κ2) is 6.99. The summed E-state index contributed by atoms with van der Waals surface area (Å²) in [5, 5.41) is 3.52. The molecule has 1 aromatic heterocycles. The zero-order chi connectivity index (χ0) is 18.1. The Morgan fingerprint density at radius 3 is 2.62 bits per heavy atom. The van der Waals surface area contributed by atoms with Crippen molar-refractivity contribution in [3.63, 3.8) is 0 Å². The minimum atomic E-state index is -0.892. The smallest absolute Gasteiger partial charge is 0.321 e. The van der Waals surface area contributed by atoms with E-state index in [-0.39, 0.29) is 6.03 Å². The standard InChI is InChI=1S/C19H17F2N3OS/c20-14-6-4-12(10-15(14)21)18-23-16-11-13(5-7-17(16)26-18)22-19(25)24-8-2-1-3-9-24/h4-7,10-11H,1-3,8-9H2,(H,22,25). The maximum Gasteiger partial charge on any atom is 0.321 e. The van der Waals surface area contributed by atoms with E-state index >= 15 is 0 Å². The highest BCUT2D eigenvalue weighted by Gasteiger charge is 2.17. The molecule has 2 heterocycles. The number of amides is 2. The summed E-state index contributed by atoms with van der Waals surface area (Å²) in [7, 11) is 0. The lowest BCUT2D eigenvalue weighted by molar-refractivity contribution is 0.200. The molecule has 0 saturated carbocycles. The largest absolute Gasteiger partial charge is 0.325 e. The van der Waals surface area contributed by atoms with Crippen molar-refractivity contribution in [2.45, 2.75) is 19.3 Å². The number of benzene rings is 2. The van der Waals surface area contributed by atoms with Crippen molar-refractivity contribution >= 4 is 33.3 Å². The molecule has 0 bridgehead atoms. The van der Waals surface area contributed by atoms with Gasteiger partial charge >= 0.3 is 6.03 Å². The van der Waals surface area contributed by atoms with Gasteiger partial charge in [0.05, 0.1) is 10.2 Å². The van der Waals surface area contributed by atoms with Crippen LogP contribution in [0.5, 0.6) is 0 Å². The molecule has 26 heavy (non-hydrogen) atoms. The van der Waals surface area contributed by atoms with Gasteiger partial charge in [-0.1, -0.05) is 0 Å². The number of rotatable bonds is 2. The summed E-state index contributed by atoms with van der Waals surface area (Å²) >= 11 is 1.40. The summed E-state index contributed by atoms with van der Waals surface area (Å²) in [5.74, 6) is -1.77. The van der Waals surface area contributed by atoms with Crippen LogP contribution in [-0.4, -0.2) is 29.0 Å². The van der Waals surface area contributed by atoms with Crippen LogP contribution in [0, 0.1) is 11.6 Å². The number of fused-ring (bicyclic) bond motifs is 1. The van der Waals surface area contributed by atoms with Gasteiger partial charge in [-0.2, -0.15) is 0 Å². The summed E-state index contributed by atoms with van der Waals surface area (Å²) in [6.07, 6.45) is 3.24. The lowest BCUT2D eigenvalue weighted by Gasteiger charge is -2.26. The molecule has 3 aromatic rings. The molecule has 2 amide bonds. The summed E-state index contributed by atoms with van der Waals surface area (Å²) < 4.78 is 27.5. The Bertz CT molecular complexity index is 967. The van der Waals surface area contributed by atoms with Gasteiger partial charge in [-0.05, 0) is 55.7 Å². The number of nitrogens with one attached hydrogen (secondary N) is 1. The maximum atomic E-state index is 13.5. The fourth-order valence-electron chi connectivity index (χ4n) is 3.06. The van der Waals surface area contributed by atoms with E-state index in [4.69, 9.17) is 0 Å². The Morgan fingerprint density at radius 1 is 1.04 bits per heavy atom. The van der Waals surface area contributed by atoms with Crippen molar-refractivity contribution in [3.05, 3.63) is 48.0 Å². The molecule has 134 valence electrons. The number of hydrogen-bond donors (Lipinski definition) is 1. The van der Waals surface area contributed by atoms with Gasteiger partial charge in [-0.15, -0.1) is 11.3 Å². The van der Waals surface area contributed by atoms with Crippen LogP contribution >= 0.6 is 11.3 Å². The van der Waals surface area contributed by atoms with Crippen LogP contribution in [0.3, 0.4) is 0 Å². The molecule has 4 rings (SSSR count). The number of nitrogens with zero attached hydrogens (tertiary/aromatic N) is 2. The zero-order valence-corrected chi connectivity index (χ0v) is 14.8. The van der Waals surface area contributed by atoms with Crippen molar-refractivity contribution in [3.8, 4) is 10.6 Å². The molecule has 0 spiro atoms. The van der Waals surface area contributed by atoms with Crippen molar-refractivity contribution in [2.75, 3.05) is 18.4 Å². The fraction of sp³-hybridized carbons (Fsp3) is 0.263. The third-order valence-corrected chi connectivity index (χ3v) is 5.53. The summed E-state index contributed by atoms with van der Waals surface area (Å²) in [5.41, 5.74) is 1.92. The number of aromatic nitrogens is 1. The highest BCUT2D eigenvalue weighted by Crippen LogP contribution is 2.32. The number of thiazole rings is 1. The van der Waals surface area contributed by atoms with E-state index in [1.54, 1.807) is 6.07 Å². The van der Waals surface area contributed by atoms with Gasteiger partial charge in [0, 0.05) is 24.3 Å². The maximum absolute atomic E-state index is 13.5. The first-order valence-corrected chi connectivity index (χ1v) is 9.34. The van der Waals surface area contributed by atoms with Gasteiger partial charge in [0.1, 0.15) is 5.01 Å². The van der Waals surface area contributed by atoms with Crippen LogP contribution in [0.1, 0.15) is 19.3 Å². The summed E-state index contributed by atoms with van der Waals surface area (Å²) in [6, 6.07) is 9.17. The molecular weight excluding hydrogens is 356 g/mol. The number of halogens is 2. The Hall–Kier alpha value is -2.54.